The lowest BCUT2D eigenvalue weighted by atomic mass is 9.79. The Morgan fingerprint density at radius 3 is 1.93 bits per heavy atom. The Bertz CT molecular complexity index is 1350. The first-order valence-corrected chi connectivity index (χ1v) is 15.8. The first-order chi connectivity index (χ1) is 22.1. The van der Waals surface area contributed by atoms with Crippen LogP contribution < -0.4 is 0 Å². The van der Waals surface area contributed by atoms with Gasteiger partial charge in [0.15, 0.2) is 6.10 Å². The largest absolute Gasteiger partial charge is 0.374 e. The van der Waals surface area contributed by atoms with Gasteiger partial charge in [-0.3, -0.25) is 10.1 Å². The third-order valence-electron chi connectivity index (χ3n) is 8.66. The van der Waals surface area contributed by atoms with Crippen molar-refractivity contribution < 1.29 is 28.6 Å². The molecule has 2 fully saturated rings. The molecule has 3 aromatic rings. The number of nitro groups is 1. The second kappa shape index (κ2) is 16.6. The van der Waals surface area contributed by atoms with E-state index >= 15 is 0 Å². The van der Waals surface area contributed by atoms with E-state index in [0.29, 0.717) is 6.61 Å². The Kier molecular flexibility index (Phi) is 12.1. The fraction of sp³-hybridized carbons (Fsp3) is 0.472. The number of rotatable bonds is 15. The van der Waals surface area contributed by atoms with Crippen LogP contribution in [0.1, 0.15) is 61.6 Å². The summed E-state index contributed by atoms with van der Waals surface area (Å²) in [4.78, 5) is 13.0. The second-order valence-electron chi connectivity index (χ2n) is 11.8. The molecule has 5 atom stereocenters. The van der Waals surface area contributed by atoms with Crippen molar-refractivity contribution in [3.8, 4) is 6.07 Å². The Balaban J connectivity index is 1.51. The van der Waals surface area contributed by atoms with Crippen LogP contribution in [-0.2, 0) is 43.5 Å². The number of hydrogen-bond acceptors (Lipinski definition) is 8. The average Bonchev–Trinajstić information content (AvgIpc) is 3.08. The first kappa shape index (κ1) is 32.7. The van der Waals surface area contributed by atoms with E-state index in [-0.39, 0.29) is 43.7 Å². The summed E-state index contributed by atoms with van der Waals surface area (Å²) >= 11 is 0. The molecular formula is C36H42N2O7. The highest BCUT2D eigenvalue weighted by molar-refractivity contribution is 5.16. The predicted molar refractivity (Wildman–Crippen MR) is 167 cm³/mol. The number of nitrogens with zero attached hydrogens (tertiary/aromatic N) is 2. The Morgan fingerprint density at radius 2 is 1.38 bits per heavy atom. The quantitative estimate of drug-likeness (QED) is 0.136. The van der Waals surface area contributed by atoms with E-state index < -0.39 is 30.1 Å². The van der Waals surface area contributed by atoms with Crippen LogP contribution in [-0.4, -0.2) is 47.8 Å². The van der Waals surface area contributed by atoms with Crippen molar-refractivity contribution >= 4 is 0 Å². The molecule has 3 aromatic carbocycles. The fourth-order valence-electron chi connectivity index (χ4n) is 6.25. The van der Waals surface area contributed by atoms with Crippen molar-refractivity contribution in [2.45, 2.75) is 101 Å². The molecule has 238 valence electrons. The summed E-state index contributed by atoms with van der Waals surface area (Å²) in [5.74, 6) is 0. The molecule has 0 amide bonds. The van der Waals surface area contributed by atoms with Gasteiger partial charge in [0, 0.05) is 17.8 Å². The third-order valence-corrected chi connectivity index (χ3v) is 8.66. The van der Waals surface area contributed by atoms with Crippen LogP contribution >= 0.6 is 0 Å². The van der Waals surface area contributed by atoms with Gasteiger partial charge in [-0.25, -0.2) is 0 Å². The number of nitriles is 1. The van der Waals surface area contributed by atoms with Gasteiger partial charge in [-0.1, -0.05) is 110 Å². The van der Waals surface area contributed by atoms with E-state index in [0.717, 1.165) is 48.8 Å². The summed E-state index contributed by atoms with van der Waals surface area (Å²) in [6.45, 7) is 0.753. The van der Waals surface area contributed by atoms with E-state index in [1.165, 1.54) is 0 Å². The summed E-state index contributed by atoms with van der Waals surface area (Å²) in [6.07, 6.45) is 0.321. The molecule has 5 rings (SSSR count). The molecule has 1 saturated carbocycles. The summed E-state index contributed by atoms with van der Waals surface area (Å²) in [7, 11) is 0. The molecule has 0 N–H and O–H groups in total. The predicted octanol–water partition coefficient (Wildman–Crippen LogP) is 6.77. The van der Waals surface area contributed by atoms with E-state index in [2.05, 4.69) is 6.07 Å². The highest BCUT2D eigenvalue weighted by atomic mass is 16.7. The van der Waals surface area contributed by atoms with Crippen molar-refractivity contribution in [3.05, 3.63) is 118 Å². The molecule has 1 saturated heterocycles. The minimum atomic E-state index is -1.89. The van der Waals surface area contributed by atoms with Crippen LogP contribution in [0.4, 0.5) is 0 Å². The van der Waals surface area contributed by atoms with Crippen LogP contribution in [0.5, 0.6) is 0 Å². The highest BCUT2D eigenvalue weighted by Crippen LogP contribution is 2.42. The lowest BCUT2D eigenvalue weighted by Crippen LogP contribution is -2.71. The first-order valence-electron chi connectivity index (χ1n) is 15.8. The van der Waals surface area contributed by atoms with Gasteiger partial charge in [0.25, 0.3) is 0 Å². The number of hydrogen-bond donors (Lipinski definition) is 0. The van der Waals surface area contributed by atoms with Gasteiger partial charge in [-0.05, 0) is 29.5 Å². The van der Waals surface area contributed by atoms with E-state index in [1.807, 2.05) is 91.0 Å². The summed E-state index contributed by atoms with van der Waals surface area (Å²) in [5.41, 5.74) is 0.882. The molecule has 0 spiro atoms. The molecule has 0 aromatic heterocycles. The molecule has 45 heavy (non-hydrogen) atoms. The van der Waals surface area contributed by atoms with Crippen molar-refractivity contribution in [1.82, 2.24) is 0 Å². The highest BCUT2D eigenvalue weighted by Gasteiger charge is 2.67. The summed E-state index contributed by atoms with van der Waals surface area (Å²) in [5, 5.41) is 23.0. The van der Waals surface area contributed by atoms with Gasteiger partial charge in [0.05, 0.1) is 38.6 Å². The zero-order valence-corrected chi connectivity index (χ0v) is 25.6. The average molecular weight is 615 g/mol. The van der Waals surface area contributed by atoms with Crippen LogP contribution in [0.15, 0.2) is 91.0 Å². The molecule has 1 aliphatic heterocycles. The van der Waals surface area contributed by atoms with Crippen LogP contribution in [0.3, 0.4) is 0 Å². The summed E-state index contributed by atoms with van der Waals surface area (Å²) < 4.78 is 32.4. The van der Waals surface area contributed by atoms with Crippen molar-refractivity contribution in [2.75, 3.05) is 6.61 Å². The van der Waals surface area contributed by atoms with Crippen LogP contribution in [0.2, 0.25) is 0 Å². The van der Waals surface area contributed by atoms with Gasteiger partial charge in [-0.15, -0.1) is 0 Å². The monoisotopic (exact) mass is 614 g/mol. The topological polar surface area (TPSA) is 113 Å². The van der Waals surface area contributed by atoms with Gasteiger partial charge in [-0.2, -0.15) is 5.26 Å². The number of ether oxygens (including phenoxy) is 5. The smallest absolute Gasteiger partial charge is 0.301 e. The lowest BCUT2D eigenvalue weighted by molar-refractivity contribution is -0.628. The molecule has 2 aliphatic rings. The normalized spacial score (nSPS) is 25.4. The molecular weight excluding hydrogens is 572 g/mol. The fourth-order valence-corrected chi connectivity index (χ4v) is 6.25. The van der Waals surface area contributed by atoms with Gasteiger partial charge >= 0.3 is 5.54 Å². The lowest BCUT2D eigenvalue weighted by Gasteiger charge is -2.49. The van der Waals surface area contributed by atoms with Gasteiger partial charge in [0.1, 0.15) is 12.2 Å². The Labute approximate surface area is 265 Å². The van der Waals surface area contributed by atoms with E-state index in [9.17, 15) is 15.4 Å². The maximum Gasteiger partial charge on any atom is 0.301 e. The number of benzene rings is 3. The standard InChI is InChI=1S/C36H42N2O7/c37-23-13-22-36(38(39)40)34(43-26-30-18-9-3-10-19-30)33(42-25-29-16-7-2-8-17-29)32(27-41-24-28-14-5-1-6-15-28)45-35(36)44-31-20-11-4-12-21-31/h1-3,5-10,14-19,31-35H,4,11-13,20-22,24-27H2/t32-,33+,34+,35+,36-/m1/s1. The zero-order valence-electron chi connectivity index (χ0n) is 25.6. The van der Waals surface area contributed by atoms with Crippen molar-refractivity contribution in [1.29, 1.82) is 5.26 Å². The van der Waals surface area contributed by atoms with Crippen molar-refractivity contribution in [2.24, 2.45) is 0 Å². The van der Waals surface area contributed by atoms with Gasteiger partial charge < -0.3 is 23.7 Å². The molecule has 0 unspecified atom stereocenters. The van der Waals surface area contributed by atoms with Gasteiger partial charge in [0.2, 0.25) is 6.29 Å². The summed E-state index contributed by atoms with van der Waals surface area (Å²) in [6, 6.07) is 31.1. The maximum absolute atomic E-state index is 13.4. The van der Waals surface area contributed by atoms with Crippen LogP contribution in [0, 0.1) is 21.4 Å². The third kappa shape index (κ3) is 8.54. The SMILES string of the molecule is N#CCC[C@]1([N+](=O)[O-])[C@@H](OC2CCCCC2)O[C@H](COCc2ccccc2)[C@H](OCc2ccccc2)[C@@H]1OCc1ccccc1. The minimum absolute atomic E-state index is 0.0688. The van der Waals surface area contributed by atoms with E-state index in [4.69, 9.17) is 23.7 Å². The molecule has 9 heteroatoms. The molecule has 1 heterocycles. The van der Waals surface area contributed by atoms with Crippen LogP contribution in [0.25, 0.3) is 0 Å². The molecule has 9 nitrogen and oxygen atoms in total. The molecule has 0 bridgehead atoms. The molecule has 0 radical (unpaired) electrons. The second-order valence-corrected chi connectivity index (χ2v) is 11.8. The minimum Gasteiger partial charge on any atom is -0.374 e. The van der Waals surface area contributed by atoms with E-state index in [1.54, 1.807) is 0 Å². The molecule has 1 aliphatic carbocycles. The zero-order chi connectivity index (χ0) is 31.3. The van der Waals surface area contributed by atoms with Crippen molar-refractivity contribution in [3.63, 3.8) is 0 Å². The Morgan fingerprint density at radius 1 is 0.822 bits per heavy atom. The maximum atomic E-state index is 13.4. The Hall–Kier alpha value is -3.65.